The third-order valence-electron chi connectivity index (χ3n) is 4.09. The summed E-state index contributed by atoms with van der Waals surface area (Å²) >= 11 is 6.05. The van der Waals surface area contributed by atoms with Gasteiger partial charge in [0.05, 0.1) is 19.9 Å². The predicted octanol–water partition coefficient (Wildman–Crippen LogP) is 4.05. The lowest BCUT2D eigenvalue weighted by atomic mass is 10.1. The molecule has 0 bridgehead atoms. The summed E-state index contributed by atoms with van der Waals surface area (Å²) in [6.45, 7) is 3.59. The van der Waals surface area contributed by atoms with Crippen molar-refractivity contribution < 1.29 is 19.1 Å². The molecule has 2 rings (SSSR count). The smallest absolute Gasteiger partial charge is 0.226 e. The molecule has 0 aliphatic rings. The van der Waals surface area contributed by atoms with Gasteiger partial charge < -0.3 is 19.7 Å². The number of anilines is 2. The van der Waals surface area contributed by atoms with E-state index in [4.69, 9.17) is 21.1 Å². The fourth-order valence-corrected chi connectivity index (χ4v) is 2.82. The molecule has 144 valence electrons. The van der Waals surface area contributed by atoms with Gasteiger partial charge in [-0.2, -0.15) is 0 Å². The van der Waals surface area contributed by atoms with Crippen molar-refractivity contribution in [1.29, 1.82) is 0 Å². The average Bonchev–Trinajstić information content (AvgIpc) is 2.64. The van der Waals surface area contributed by atoms with E-state index in [1.165, 1.54) is 14.0 Å². The molecule has 0 radical (unpaired) electrons. The van der Waals surface area contributed by atoms with Crippen molar-refractivity contribution in [1.82, 2.24) is 0 Å². The molecule has 0 aromatic heterocycles. The highest BCUT2D eigenvalue weighted by Crippen LogP contribution is 2.29. The van der Waals surface area contributed by atoms with Gasteiger partial charge in [-0.15, -0.1) is 0 Å². The zero-order chi connectivity index (χ0) is 20.0. The van der Waals surface area contributed by atoms with E-state index in [0.29, 0.717) is 27.9 Å². The quantitative estimate of drug-likeness (QED) is 0.774. The molecule has 0 atom stereocenters. The van der Waals surface area contributed by atoms with Crippen molar-refractivity contribution in [2.75, 3.05) is 31.0 Å². The Hall–Kier alpha value is -2.73. The summed E-state index contributed by atoms with van der Waals surface area (Å²) in [4.78, 5) is 26.0. The van der Waals surface area contributed by atoms with Crippen LogP contribution in [0.25, 0.3) is 0 Å². The number of methoxy groups -OCH3 is 2. The number of rotatable bonds is 7. The monoisotopic (exact) mass is 390 g/mol. The van der Waals surface area contributed by atoms with Gasteiger partial charge >= 0.3 is 0 Å². The Bertz CT molecular complexity index is 839. The fraction of sp³-hybridized carbons (Fsp3) is 0.300. The summed E-state index contributed by atoms with van der Waals surface area (Å²) in [7, 11) is 3.07. The molecule has 0 fully saturated rings. The minimum Gasteiger partial charge on any atom is -0.497 e. The van der Waals surface area contributed by atoms with Crippen LogP contribution in [-0.4, -0.2) is 32.6 Å². The summed E-state index contributed by atoms with van der Waals surface area (Å²) in [5.74, 6) is 0.737. The maximum atomic E-state index is 12.4. The average molecular weight is 391 g/mol. The van der Waals surface area contributed by atoms with Crippen LogP contribution in [0.4, 0.5) is 11.4 Å². The summed E-state index contributed by atoms with van der Waals surface area (Å²) in [5.41, 5.74) is 2.15. The van der Waals surface area contributed by atoms with Crippen LogP contribution in [-0.2, 0) is 9.59 Å². The molecular weight excluding hydrogens is 368 g/mol. The van der Waals surface area contributed by atoms with Gasteiger partial charge in [-0.05, 0) is 36.8 Å². The minimum atomic E-state index is -0.232. The van der Waals surface area contributed by atoms with Crippen LogP contribution in [0.15, 0.2) is 36.4 Å². The number of benzene rings is 2. The van der Waals surface area contributed by atoms with Crippen molar-refractivity contribution in [2.45, 2.75) is 20.3 Å². The molecule has 0 unspecified atom stereocenters. The predicted molar refractivity (Wildman–Crippen MR) is 107 cm³/mol. The van der Waals surface area contributed by atoms with Gasteiger partial charge in [0.15, 0.2) is 0 Å². The lowest BCUT2D eigenvalue weighted by molar-refractivity contribution is -0.117. The molecule has 6 nitrogen and oxygen atoms in total. The summed E-state index contributed by atoms with van der Waals surface area (Å²) in [6.07, 6.45) is 0.126. The number of hydrogen-bond acceptors (Lipinski definition) is 4. The molecule has 0 aliphatic heterocycles. The molecule has 1 N–H and O–H groups in total. The van der Waals surface area contributed by atoms with Crippen molar-refractivity contribution in [3.8, 4) is 11.5 Å². The first-order valence-electron chi connectivity index (χ1n) is 8.42. The molecule has 0 saturated carbocycles. The van der Waals surface area contributed by atoms with Gasteiger partial charge in [0.2, 0.25) is 11.8 Å². The van der Waals surface area contributed by atoms with E-state index in [1.807, 2.05) is 13.0 Å². The van der Waals surface area contributed by atoms with Crippen molar-refractivity contribution >= 4 is 34.8 Å². The Balaban J connectivity index is 2.09. The maximum Gasteiger partial charge on any atom is 0.226 e. The number of carbonyl (C=O) groups is 2. The van der Waals surface area contributed by atoms with Gasteiger partial charge in [0.1, 0.15) is 11.5 Å². The lowest BCUT2D eigenvalue weighted by Gasteiger charge is -2.23. The summed E-state index contributed by atoms with van der Waals surface area (Å²) in [5, 5.41) is 3.34. The SMILES string of the molecule is COc1ccc(NC(=O)CCN(C(C)=O)c2cc(Cl)ccc2C)c(OC)c1. The fourth-order valence-electron chi connectivity index (χ4n) is 2.65. The second kappa shape index (κ2) is 9.28. The highest BCUT2D eigenvalue weighted by molar-refractivity contribution is 6.31. The van der Waals surface area contributed by atoms with E-state index < -0.39 is 0 Å². The standard InChI is InChI=1S/C20H23ClN2O4/c1-13-5-6-15(21)11-18(13)23(14(2)24)10-9-20(25)22-17-8-7-16(26-3)12-19(17)27-4/h5-8,11-12H,9-10H2,1-4H3,(H,22,25). The first kappa shape index (κ1) is 20.6. The number of ether oxygens (including phenoxy) is 2. The third kappa shape index (κ3) is 5.37. The highest BCUT2D eigenvalue weighted by Gasteiger charge is 2.17. The largest absolute Gasteiger partial charge is 0.497 e. The van der Waals surface area contributed by atoms with Gasteiger partial charge in [0, 0.05) is 36.7 Å². The molecular formula is C20H23ClN2O4. The van der Waals surface area contributed by atoms with Crippen molar-refractivity contribution in [3.63, 3.8) is 0 Å². The zero-order valence-electron chi connectivity index (χ0n) is 15.8. The number of halogens is 1. The molecule has 0 aliphatic carbocycles. The van der Waals surface area contributed by atoms with Gasteiger partial charge in [-0.3, -0.25) is 9.59 Å². The van der Waals surface area contributed by atoms with Crippen LogP contribution < -0.4 is 19.7 Å². The Morgan fingerprint density at radius 3 is 2.48 bits per heavy atom. The third-order valence-corrected chi connectivity index (χ3v) is 4.32. The van der Waals surface area contributed by atoms with E-state index in [9.17, 15) is 9.59 Å². The van der Waals surface area contributed by atoms with Crippen LogP contribution in [0, 0.1) is 6.92 Å². The Kier molecular flexibility index (Phi) is 7.07. The number of carbonyl (C=O) groups excluding carboxylic acids is 2. The second-order valence-corrected chi connectivity index (χ2v) is 6.40. The highest BCUT2D eigenvalue weighted by atomic mass is 35.5. The van der Waals surface area contributed by atoms with Gasteiger partial charge in [0.25, 0.3) is 0 Å². The first-order valence-corrected chi connectivity index (χ1v) is 8.79. The minimum absolute atomic E-state index is 0.126. The Morgan fingerprint density at radius 1 is 1.11 bits per heavy atom. The van der Waals surface area contributed by atoms with Gasteiger partial charge in [-0.25, -0.2) is 0 Å². The molecule has 2 amide bonds. The van der Waals surface area contributed by atoms with E-state index in [0.717, 1.165) is 5.56 Å². The lowest BCUT2D eigenvalue weighted by Crippen LogP contribution is -2.32. The van der Waals surface area contributed by atoms with Crippen LogP contribution in [0.5, 0.6) is 11.5 Å². The number of aryl methyl sites for hydroxylation is 1. The summed E-state index contributed by atoms with van der Waals surface area (Å²) in [6, 6.07) is 10.5. The normalized spacial score (nSPS) is 10.3. The number of hydrogen-bond donors (Lipinski definition) is 1. The number of amides is 2. The zero-order valence-corrected chi connectivity index (χ0v) is 16.6. The van der Waals surface area contributed by atoms with E-state index in [2.05, 4.69) is 5.32 Å². The Labute approximate surface area is 164 Å². The Morgan fingerprint density at radius 2 is 1.85 bits per heavy atom. The van der Waals surface area contributed by atoms with E-state index in [-0.39, 0.29) is 24.8 Å². The number of nitrogens with zero attached hydrogens (tertiary/aromatic N) is 1. The van der Waals surface area contributed by atoms with E-state index in [1.54, 1.807) is 42.3 Å². The number of nitrogens with one attached hydrogen (secondary N) is 1. The molecule has 7 heteroatoms. The molecule has 27 heavy (non-hydrogen) atoms. The summed E-state index contributed by atoms with van der Waals surface area (Å²) < 4.78 is 10.4. The van der Waals surface area contributed by atoms with Gasteiger partial charge in [-0.1, -0.05) is 17.7 Å². The van der Waals surface area contributed by atoms with Crippen LogP contribution >= 0.6 is 11.6 Å². The molecule has 0 saturated heterocycles. The van der Waals surface area contributed by atoms with Crippen LogP contribution in [0.1, 0.15) is 18.9 Å². The van der Waals surface area contributed by atoms with Crippen LogP contribution in [0.3, 0.4) is 0 Å². The van der Waals surface area contributed by atoms with E-state index >= 15 is 0 Å². The maximum absolute atomic E-state index is 12.4. The molecule has 2 aromatic rings. The molecule has 0 heterocycles. The molecule has 0 spiro atoms. The molecule has 2 aromatic carbocycles. The second-order valence-electron chi connectivity index (χ2n) is 5.97. The van der Waals surface area contributed by atoms with Crippen molar-refractivity contribution in [3.05, 3.63) is 47.0 Å². The van der Waals surface area contributed by atoms with Crippen molar-refractivity contribution in [2.24, 2.45) is 0 Å². The van der Waals surface area contributed by atoms with Crippen LogP contribution in [0.2, 0.25) is 5.02 Å². The topological polar surface area (TPSA) is 67.9 Å². The first-order chi connectivity index (χ1) is 12.8.